The van der Waals surface area contributed by atoms with Gasteiger partial charge < -0.3 is 14.8 Å². The summed E-state index contributed by atoms with van der Waals surface area (Å²) in [6, 6.07) is 4.35. The Bertz CT molecular complexity index is 538. The van der Waals surface area contributed by atoms with E-state index in [0.717, 1.165) is 34.9 Å². The zero-order valence-corrected chi connectivity index (χ0v) is 13.2. The minimum Gasteiger partial charge on any atom is -0.486 e. The van der Waals surface area contributed by atoms with Gasteiger partial charge >= 0.3 is 0 Å². The molecule has 1 aromatic rings. The second kappa shape index (κ2) is 5.36. The molecule has 1 N–H and O–H groups in total. The monoisotopic (exact) mass is 307 g/mol. The van der Waals surface area contributed by atoms with Crippen molar-refractivity contribution in [1.82, 2.24) is 5.32 Å². The third-order valence-corrected chi connectivity index (χ3v) is 5.50. The first kappa shape index (κ1) is 13.7. The number of nitrogens with one attached hydrogen (secondary N) is 1. The Balaban J connectivity index is 1.65. The molecule has 1 heterocycles. The summed E-state index contributed by atoms with van der Waals surface area (Å²) in [6.07, 6.45) is 4.13. The van der Waals surface area contributed by atoms with Crippen molar-refractivity contribution in [2.24, 2.45) is 17.8 Å². The van der Waals surface area contributed by atoms with Gasteiger partial charge in [-0.2, -0.15) is 0 Å². The van der Waals surface area contributed by atoms with Crippen molar-refractivity contribution in [3.05, 3.63) is 22.7 Å². The van der Waals surface area contributed by atoms with Crippen LogP contribution in [0.1, 0.15) is 37.8 Å². The second-order valence-electron chi connectivity index (χ2n) is 6.54. The summed E-state index contributed by atoms with van der Waals surface area (Å²) in [5.74, 6) is 4.28. The maximum Gasteiger partial charge on any atom is 0.162 e. The summed E-state index contributed by atoms with van der Waals surface area (Å²) >= 11 is 6.54. The fourth-order valence-electron chi connectivity index (χ4n) is 4.10. The van der Waals surface area contributed by atoms with Gasteiger partial charge in [0.25, 0.3) is 0 Å². The number of benzene rings is 1. The molecular formula is C17H22ClNO2. The van der Waals surface area contributed by atoms with Crippen molar-refractivity contribution in [2.75, 3.05) is 19.8 Å². The van der Waals surface area contributed by atoms with E-state index in [4.69, 9.17) is 21.1 Å². The van der Waals surface area contributed by atoms with Crippen molar-refractivity contribution in [3.63, 3.8) is 0 Å². The predicted octanol–water partition coefficient (Wildman–Crippen LogP) is 3.81. The SMILES string of the molecule is CCNC(c1cc2c(cc1Cl)OCCO2)C1CC2CC2C1. The Morgan fingerprint density at radius 3 is 2.48 bits per heavy atom. The quantitative estimate of drug-likeness (QED) is 0.917. The molecule has 0 aromatic heterocycles. The highest BCUT2D eigenvalue weighted by atomic mass is 35.5. The van der Waals surface area contributed by atoms with E-state index in [1.165, 1.54) is 24.8 Å². The maximum absolute atomic E-state index is 6.54. The molecular weight excluding hydrogens is 286 g/mol. The van der Waals surface area contributed by atoms with Crippen LogP contribution in [0.4, 0.5) is 0 Å². The molecule has 1 aromatic carbocycles. The zero-order chi connectivity index (χ0) is 14.4. The topological polar surface area (TPSA) is 30.5 Å². The third-order valence-electron chi connectivity index (χ3n) is 5.17. The van der Waals surface area contributed by atoms with Gasteiger partial charge in [0.05, 0.1) is 0 Å². The average molecular weight is 308 g/mol. The van der Waals surface area contributed by atoms with Gasteiger partial charge in [0, 0.05) is 17.1 Å². The molecule has 3 unspecified atom stereocenters. The number of hydrogen-bond donors (Lipinski definition) is 1. The highest BCUT2D eigenvalue weighted by Crippen LogP contribution is 2.57. The van der Waals surface area contributed by atoms with Crippen LogP contribution >= 0.6 is 11.6 Å². The van der Waals surface area contributed by atoms with Crippen LogP contribution in [0.15, 0.2) is 12.1 Å². The fourth-order valence-corrected chi connectivity index (χ4v) is 4.37. The van der Waals surface area contributed by atoms with Gasteiger partial charge in [-0.05, 0) is 55.2 Å². The number of fused-ring (bicyclic) bond motifs is 2. The molecule has 1 aliphatic heterocycles. The lowest BCUT2D eigenvalue weighted by molar-refractivity contribution is 0.171. The fraction of sp³-hybridized carbons (Fsp3) is 0.647. The van der Waals surface area contributed by atoms with E-state index >= 15 is 0 Å². The lowest BCUT2D eigenvalue weighted by atomic mass is 9.88. The van der Waals surface area contributed by atoms with Crippen LogP contribution in [0.5, 0.6) is 11.5 Å². The zero-order valence-electron chi connectivity index (χ0n) is 12.4. The smallest absolute Gasteiger partial charge is 0.162 e. The molecule has 0 saturated heterocycles. The van der Waals surface area contributed by atoms with Crippen molar-refractivity contribution in [3.8, 4) is 11.5 Å². The molecule has 4 heteroatoms. The summed E-state index contributed by atoms with van der Waals surface area (Å²) in [6.45, 7) is 4.34. The van der Waals surface area contributed by atoms with E-state index < -0.39 is 0 Å². The van der Waals surface area contributed by atoms with E-state index in [9.17, 15) is 0 Å². The van der Waals surface area contributed by atoms with E-state index in [0.29, 0.717) is 25.2 Å². The highest BCUT2D eigenvalue weighted by Gasteiger charge is 2.48. The molecule has 4 rings (SSSR count). The number of halogens is 1. The van der Waals surface area contributed by atoms with Crippen LogP contribution in [0, 0.1) is 17.8 Å². The highest BCUT2D eigenvalue weighted by molar-refractivity contribution is 6.31. The van der Waals surface area contributed by atoms with Crippen LogP contribution in [-0.2, 0) is 0 Å². The van der Waals surface area contributed by atoms with Gasteiger partial charge in [-0.25, -0.2) is 0 Å². The Hall–Kier alpha value is -0.930. The molecule has 0 radical (unpaired) electrons. The van der Waals surface area contributed by atoms with Crippen LogP contribution in [-0.4, -0.2) is 19.8 Å². The average Bonchev–Trinajstić information content (AvgIpc) is 3.10. The van der Waals surface area contributed by atoms with E-state index in [1.54, 1.807) is 0 Å². The van der Waals surface area contributed by atoms with Crippen molar-refractivity contribution in [1.29, 1.82) is 0 Å². The standard InChI is InChI=1S/C17H22ClNO2/c1-2-19-17(12-6-10-5-11(10)7-12)13-8-15-16(9-14(13)18)21-4-3-20-15/h8-12,17,19H,2-7H2,1H3. The van der Waals surface area contributed by atoms with Crippen molar-refractivity contribution in [2.45, 2.75) is 32.2 Å². The lowest BCUT2D eigenvalue weighted by Crippen LogP contribution is -2.28. The van der Waals surface area contributed by atoms with Gasteiger partial charge in [0.15, 0.2) is 11.5 Å². The lowest BCUT2D eigenvalue weighted by Gasteiger charge is -2.28. The number of rotatable bonds is 4. The first-order valence-electron chi connectivity index (χ1n) is 8.08. The first-order valence-corrected chi connectivity index (χ1v) is 8.46. The molecule has 2 saturated carbocycles. The Labute approximate surface area is 131 Å². The number of ether oxygens (including phenoxy) is 2. The first-order chi connectivity index (χ1) is 10.3. The van der Waals surface area contributed by atoms with E-state index in [1.807, 2.05) is 6.07 Å². The Morgan fingerprint density at radius 1 is 1.14 bits per heavy atom. The van der Waals surface area contributed by atoms with E-state index in [2.05, 4.69) is 18.3 Å². The van der Waals surface area contributed by atoms with Gasteiger partial charge in [0.1, 0.15) is 13.2 Å². The maximum atomic E-state index is 6.54. The molecule has 2 fully saturated rings. The molecule has 3 nitrogen and oxygen atoms in total. The summed E-state index contributed by atoms with van der Waals surface area (Å²) in [7, 11) is 0. The molecule has 0 bridgehead atoms. The Kier molecular flexibility index (Phi) is 3.50. The predicted molar refractivity (Wildman–Crippen MR) is 83.2 cm³/mol. The molecule has 3 atom stereocenters. The van der Waals surface area contributed by atoms with Crippen LogP contribution in [0.2, 0.25) is 5.02 Å². The number of hydrogen-bond acceptors (Lipinski definition) is 3. The third kappa shape index (κ3) is 2.51. The minimum atomic E-state index is 0.339. The minimum absolute atomic E-state index is 0.339. The summed E-state index contributed by atoms with van der Waals surface area (Å²) in [4.78, 5) is 0. The Morgan fingerprint density at radius 2 is 1.81 bits per heavy atom. The van der Waals surface area contributed by atoms with Crippen molar-refractivity contribution < 1.29 is 9.47 Å². The van der Waals surface area contributed by atoms with Gasteiger partial charge in [0.2, 0.25) is 0 Å². The molecule has 3 aliphatic rings. The molecule has 114 valence electrons. The summed E-state index contributed by atoms with van der Waals surface area (Å²) < 4.78 is 11.3. The molecule has 0 spiro atoms. The van der Waals surface area contributed by atoms with Crippen LogP contribution < -0.4 is 14.8 Å². The van der Waals surface area contributed by atoms with Crippen molar-refractivity contribution >= 4 is 11.6 Å². The van der Waals surface area contributed by atoms with Crippen LogP contribution in [0.3, 0.4) is 0 Å². The molecule has 0 amide bonds. The summed E-state index contributed by atoms with van der Waals surface area (Å²) in [5, 5.41) is 4.45. The summed E-state index contributed by atoms with van der Waals surface area (Å²) in [5.41, 5.74) is 1.18. The van der Waals surface area contributed by atoms with Gasteiger partial charge in [-0.1, -0.05) is 18.5 Å². The normalized spacial score (nSPS) is 30.9. The van der Waals surface area contributed by atoms with Gasteiger partial charge in [-0.15, -0.1) is 0 Å². The van der Waals surface area contributed by atoms with Gasteiger partial charge in [-0.3, -0.25) is 0 Å². The second-order valence-corrected chi connectivity index (χ2v) is 6.95. The largest absolute Gasteiger partial charge is 0.486 e. The van der Waals surface area contributed by atoms with Crippen LogP contribution in [0.25, 0.3) is 0 Å². The molecule has 21 heavy (non-hydrogen) atoms. The van der Waals surface area contributed by atoms with E-state index in [-0.39, 0.29) is 0 Å². The molecule has 2 aliphatic carbocycles.